The molecule has 0 amide bonds. The minimum atomic E-state index is -0.919. The second-order valence-corrected chi connectivity index (χ2v) is 9.68. The van der Waals surface area contributed by atoms with E-state index in [4.69, 9.17) is 4.74 Å². The van der Waals surface area contributed by atoms with Crippen molar-refractivity contribution in [2.24, 2.45) is 28.2 Å². The highest BCUT2D eigenvalue weighted by molar-refractivity contribution is 5.91. The molecule has 0 heterocycles. The zero-order valence-corrected chi connectivity index (χ0v) is 17.4. The fourth-order valence-electron chi connectivity index (χ4n) is 6.01. The third kappa shape index (κ3) is 3.69. The Morgan fingerprint density at radius 2 is 2.00 bits per heavy atom. The molecular formula is C23H28FN3O3. The van der Waals surface area contributed by atoms with Crippen molar-refractivity contribution >= 4 is 11.8 Å². The number of carboxylic acid groups (broad SMARTS) is 1. The Morgan fingerprint density at radius 3 is 2.60 bits per heavy atom. The molecule has 30 heavy (non-hydrogen) atoms. The molecule has 1 aromatic carbocycles. The van der Waals surface area contributed by atoms with Gasteiger partial charge in [-0.25, -0.2) is 4.39 Å². The van der Waals surface area contributed by atoms with Crippen LogP contribution in [0, 0.1) is 40.4 Å². The third-order valence-electron chi connectivity index (χ3n) is 7.31. The van der Waals surface area contributed by atoms with Crippen LogP contribution in [0.3, 0.4) is 0 Å². The normalized spacial score (nSPS) is 32.7. The second-order valence-electron chi connectivity index (χ2n) is 9.68. The van der Waals surface area contributed by atoms with E-state index in [1.54, 1.807) is 18.2 Å². The largest absolute Gasteiger partial charge is 0.481 e. The number of halogens is 1. The number of rotatable bonds is 6. The first-order chi connectivity index (χ1) is 14.2. The monoisotopic (exact) mass is 413 g/mol. The van der Waals surface area contributed by atoms with Gasteiger partial charge in [0.25, 0.3) is 0 Å². The molecular weight excluding hydrogens is 385 g/mol. The van der Waals surface area contributed by atoms with Crippen LogP contribution in [-0.4, -0.2) is 28.6 Å². The second kappa shape index (κ2) is 7.66. The molecule has 1 aromatic rings. The summed E-state index contributed by atoms with van der Waals surface area (Å²) in [4.78, 5) is 16.0. The van der Waals surface area contributed by atoms with Gasteiger partial charge in [-0.05, 0) is 69.8 Å². The van der Waals surface area contributed by atoms with E-state index in [0.29, 0.717) is 30.2 Å². The summed E-state index contributed by atoms with van der Waals surface area (Å²) in [5.41, 5.74) is -1.06. The van der Waals surface area contributed by atoms with Crippen molar-refractivity contribution in [3.8, 4) is 6.19 Å². The van der Waals surface area contributed by atoms with Crippen molar-refractivity contribution < 1.29 is 19.0 Å². The number of carbonyl (C=O) groups is 1. The molecule has 0 saturated heterocycles. The van der Waals surface area contributed by atoms with E-state index in [9.17, 15) is 19.6 Å². The molecule has 2 atom stereocenters. The zero-order chi connectivity index (χ0) is 21.5. The van der Waals surface area contributed by atoms with Crippen molar-refractivity contribution in [1.29, 1.82) is 5.26 Å². The Labute approximate surface area is 176 Å². The lowest BCUT2D eigenvalue weighted by atomic mass is 9.48. The van der Waals surface area contributed by atoms with Crippen molar-refractivity contribution in [3.05, 3.63) is 35.6 Å². The first-order valence-corrected chi connectivity index (χ1v) is 10.6. The van der Waals surface area contributed by atoms with Gasteiger partial charge in [-0.15, -0.1) is 0 Å². The quantitative estimate of drug-likeness (QED) is 0.419. The summed E-state index contributed by atoms with van der Waals surface area (Å²) in [6.07, 6.45) is 6.02. The number of benzene rings is 1. The van der Waals surface area contributed by atoms with Crippen LogP contribution in [0.1, 0.15) is 51.5 Å². The number of amidine groups is 1. The molecule has 4 aliphatic carbocycles. The van der Waals surface area contributed by atoms with Crippen molar-refractivity contribution in [1.82, 2.24) is 5.32 Å². The first-order valence-electron chi connectivity index (χ1n) is 10.6. The topological polar surface area (TPSA) is 94.7 Å². The Balaban J connectivity index is 1.49. The van der Waals surface area contributed by atoms with Gasteiger partial charge in [-0.2, -0.15) is 10.3 Å². The molecule has 0 spiro atoms. The molecule has 2 unspecified atom stereocenters. The highest BCUT2D eigenvalue weighted by Crippen LogP contribution is 2.60. The van der Waals surface area contributed by atoms with E-state index >= 15 is 0 Å². The summed E-state index contributed by atoms with van der Waals surface area (Å²) in [6, 6.07) is 6.52. The highest BCUT2D eigenvalue weighted by Gasteiger charge is 2.59. The van der Waals surface area contributed by atoms with Crippen LogP contribution >= 0.6 is 0 Å². The molecule has 4 bridgehead atoms. The summed E-state index contributed by atoms with van der Waals surface area (Å²) < 4.78 is 19.9. The van der Waals surface area contributed by atoms with E-state index in [1.165, 1.54) is 6.07 Å². The highest BCUT2D eigenvalue weighted by atomic mass is 19.1. The number of aliphatic imine (C=N–C) groups is 1. The number of nitrogens with one attached hydrogen (secondary N) is 1. The predicted molar refractivity (Wildman–Crippen MR) is 109 cm³/mol. The van der Waals surface area contributed by atoms with E-state index in [2.05, 4.69) is 10.3 Å². The lowest BCUT2D eigenvalue weighted by molar-refractivity contribution is -0.166. The Hall–Kier alpha value is -2.46. The summed E-state index contributed by atoms with van der Waals surface area (Å²) >= 11 is 0. The van der Waals surface area contributed by atoms with Crippen LogP contribution in [-0.2, 0) is 16.1 Å². The Bertz CT molecular complexity index is 891. The third-order valence-corrected chi connectivity index (χ3v) is 7.31. The first kappa shape index (κ1) is 20.8. The molecule has 7 heteroatoms. The van der Waals surface area contributed by atoms with Gasteiger partial charge in [0.1, 0.15) is 17.3 Å². The van der Waals surface area contributed by atoms with Gasteiger partial charge in [0.2, 0.25) is 6.19 Å². The average molecular weight is 413 g/mol. The molecule has 4 aliphatic rings. The fourth-order valence-corrected chi connectivity index (χ4v) is 6.01. The van der Waals surface area contributed by atoms with Crippen molar-refractivity contribution in [3.63, 3.8) is 0 Å². The zero-order valence-electron chi connectivity index (χ0n) is 17.4. The van der Waals surface area contributed by atoms with Crippen LogP contribution in [0.25, 0.3) is 0 Å². The number of carboxylic acids is 1. The van der Waals surface area contributed by atoms with E-state index in [0.717, 1.165) is 19.3 Å². The van der Waals surface area contributed by atoms with Crippen LogP contribution in [0.4, 0.5) is 4.39 Å². The Kier molecular flexibility index (Phi) is 5.31. The van der Waals surface area contributed by atoms with Crippen LogP contribution < -0.4 is 5.32 Å². The van der Waals surface area contributed by atoms with E-state index in [1.807, 2.05) is 20.0 Å². The maximum absolute atomic E-state index is 14.0. The van der Waals surface area contributed by atoms with Crippen LogP contribution in [0.2, 0.25) is 0 Å². The van der Waals surface area contributed by atoms with Crippen molar-refractivity contribution in [2.75, 3.05) is 0 Å². The molecule has 160 valence electrons. The SMILES string of the molecule is CC(C)(OCc1ccccc1F)/C(=N\C#N)NC1C2CC3CC1CC(C(=O)O)(C3)C2. The maximum Gasteiger partial charge on any atom is 0.309 e. The van der Waals surface area contributed by atoms with Gasteiger partial charge < -0.3 is 15.2 Å². The van der Waals surface area contributed by atoms with E-state index in [-0.39, 0.29) is 30.3 Å². The molecule has 0 aromatic heterocycles. The van der Waals surface area contributed by atoms with Gasteiger partial charge in [0, 0.05) is 11.6 Å². The smallest absolute Gasteiger partial charge is 0.309 e. The molecule has 5 rings (SSSR count). The minimum absolute atomic E-state index is 0.0630. The number of hydrogen-bond donors (Lipinski definition) is 2. The lowest BCUT2D eigenvalue weighted by Gasteiger charge is -2.58. The summed E-state index contributed by atoms with van der Waals surface area (Å²) in [7, 11) is 0. The van der Waals surface area contributed by atoms with Crippen LogP contribution in [0.15, 0.2) is 29.3 Å². The predicted octanol–water partition coefficient (Wildman–Crippen LogP) is 3.87. The van der Waals surface area contributed by atoms with E-state index < -0.39 is 17.0 Å². The summed E-state index contributed by atoms with van der Waals surface area (Å²) in [5, 5.41) is 22.5. The van der Waals surface area contributed by atoms with Gasteiger partial charge in [-0.1, -0.05) is 18.2 Å². The van der Waals surface area contributed by atoms with Crippen molar-refractivity contribution in [2.45, 2.75) is 64.2 Å². The Morgan fingerprint density at radius 1 is 1.33 bits per heavy atom. The number of nitriles is 1. The summed E-state index contributed by atoms with van der Waals surface area (Å²) in [6.45, 7) is 3.69. The lowest BCUT2D eigenvalue weighted by Crippen LogP contribution is -2.62. The van der Waals surface area contributed by atoms with Gasteiger partial charge in [-0.3, -0.25) is 4.79 Å². The molecule has 0 radical (unpaired) electrons. The van der Waals surface area contributed by atoms with Crippen LogP contribution in [0.5, 0.6) is 0 Å². The number of aliphatic carboxylic acids is 1. The van der Waals surface area contributed by atoms with Gasteiger partial charge >= 0.3 is 5.97 Å². The maximum atomic E-state index is 14.0. The van der Waals surface area contributed by atoms with Gasteiger partial charge in [0.15, 0.2) is 0 Å². The number of hydrogen-bond acceptors (Lipinski definition) is 4. The number of ether oxygens (including phenoxy) is 1. The number of nitrogens with zero attached hydrogens (tertiary/aromatic N) is 2. The average Bonchev–Trinajstić information content (AvgIpc) is 2.68. The molecule has 4 fully saturated rings. The van der Waals surface area contributed by atoms with Gasteiger partial charge in [0.05, 0.1) is 12.0 Å². The molecule has 0 aliphatic heterocycles. The fraction of sp³-hybridized carbons (Fsp3) is 0.609. The molecule has 6 nitrogen and oxygen atoms in total. The summed E-state index contributed by atoms with van der Waals surface area (Å²) in [5.74, 6) is 0.388. The molecule has 4 saturated carbocycles. The molecule has 2 N–H and O–H groups in total. The standard InChI is InChI=1S/C23H28FN3O3/c1-22(2,30-12-15-5-3-4-6-18(15)24)20(26-13-25)27-19-16-7-14-8-17(19)11-23(9-14,10-16)21(28)29/h3-6,14,16-17,19H,7-12H2,1-2H3,(H,26,27)(H,28,29). The minimum Gasteiger partial charge on any atom is -0.481 e.